The van der Waals surface area contributed by atoms with E-state index in [1.54, 1.807) is 0 Å². The van der Waals surface area contributed by atoms with E-state index in [1.165, 1.54) is 12.8 Å². The van der Waals surface area contributed by atoms with Crippen LogP contribution < -0.4 is 0 Å². The topological polar surface area (TPSA) is 36.9 Å². The molecule has 4 bridgehead atoms. The molecule has 142 valence electrons. The molecule has 6 saturated carbocycles. The molecule has 6 heteroatoms. The fourth-order valence-corrected chi connectivity index (χ4v) is 7.72. The van der Waals surface area contributed by atoms with E-state index >= 15 is 0 Å². The van der Waals surface area contributed by atoms with Crippen LogP contribution in [0.15, 0.2) is 0 Å². The van der Waals surface area contributed by atoms with Gasteiger partial charge in [-0.25, -0.2) is 0 Å². The summed E-state index contributed by atoms with van der Waals surface area (Å²) in [6, 6.07) is 0. The average Bonchev–Trinajstić information content (AvgIpc) is 3.10. The first-order chi connectivity index (χ1) is 12.0. The van der Waals surface area contributed by atoms with Gasteiger partial charge >= 0.3 is 14.0 Å². The zero-order valence-corrected chi connectivity index (χ0v) is 17.1. The molecule has 0 unspecified atom stereocenters. The Morgan fingerprint density at radius 1 is 0.654 bits per heavy atom. The van der Waals surface area contributed by atoms with Crippen LogP contribution in [-0.2, 0) is 18.6 Å². The Balaban J connectivity index is 1.23. The van der Waals surface area contributed by atoms with Gasteiger partial charge in [-0.1, -0.05) is 27.7 Å². The average molecular weight is 358 g/mol. The van der Waals surface area contributed by atoms with Gasteiger partial charge in [0.1, 0.15) is 0 Å². The van der Waals surface area contributed by atoms with Gasteiger partial charge in [0.25, 0.3) is 0 Å². The smallest absolute Gasteiger partial charge is 0.407 e. The highest BCUT2D eigenvalue weighted by Gasteiger charge is 2.72. The summed E-state index contributed by atoms with van der Waals surface area (Å²) in [6.07, 6.45) is 5.13. The minimum absolute atomic E-state index is 0.170. The van der Waals surface area contributed by atoms with Crippen LogP contribution in [0.25, 0.3) is 0 Å². The fraction of sp³-hybridized carbons (Fsp3) is 1.00. The molecule has 0 aromatic carbocycles. The van der Waals surface area contributed by atoms with E-state index in [1.807, 2.05) is 0 Å². The molecule has 0 amide bonds. The van der Waals surface area contributed by atoms with Crippen LogP contribution in [0.3, 0.4) is 0 Å². The van der Waals surface area contributed by atoms with Crippen molar-refractivity contribution in [2.75, 3.05) is 0 Å². The minimum Gasteiger partial charge on any atom is -0.407 e. The Hall–Kier alpha value is -0.0301. The predicted molar refractivity (Wildman–Crippen MR) is 100 cm³/mol. The Morgan fingerprint density at radius 3 is 1.38 bits per heavy atom. The largest absolute Gasteiger partial charge is 0.488 e. The molecule has 0 N–H and O–H groups in total. The van der Waals surface area contributed by atoms with Crippen molar-refractivity contribution in [3.05, 3.63) is 0 Å². The maximum Gasteiger partial charge on any atom is 0.488 e. The van der Waals surface area contributed by atoms with E-state index < -0.39 is 0 Å². The first-order valence-electron chi connectivity index (χ1n) is 10.7. The first kappa shape index (κ1) is 16.9. The molecule has 2 saturated heterocycles. The van der Waals surface area contributed by atoms with Gasteiger partial charge in [0.05, 0.1) is 23.4 Å². The molecular formula is C20H32B2O4. The van der Waals surface area contributed by atoms with E-state index in [0.717, 1.165) is 24.7 Å². The van der Waals surface area contributed by atoms with E-state index in [9.17, 15) is 0 Å². The molecular weight excluding hydrogens is 326 g/mol. The van der Waals surface area contributed by atoms with Crippen molar-refractivity contribution in [2.45, 2.75) is 90.6 Å². The molecule has 26 heavy (non-hydrogen) atoms. The van der Waals surface area contributed by atoms with Crippen LogP contribution in [0, 0.1) is 34.5 Å². The highest BCUT2D eigenvalue weighted by atomic mass is 16.7. The second kappa shape index (κ2) is 4.58. The van der Waals surface area contributed by atoms with Gasteiger partial charge in [-0.15, -0.1) is 0 Å². The van der Waals surface area contributed by atoms with Crippen molar-refractivity contribution >= 4 is 14.0 Å². The Morgan fingerprint density at radius 2 is 1.04 bits per heavy atom. The molecule has 0 aromatic heterocycles. The predicted octanol–water partition coefficient (Wildman–Crippen LogP) is 3.52. The third kappa shape index (κ3) is 1.79. The minimum atomic E-state index is -0.372. The molecule has 0 aromatic rings. The van der Waals surface area contributed by atoms with Crippen LogP contribution in [0.1, 0.15) is 67.2 Å². The van der Waals surface area contributed by atoms with Crippen LogP contribution >= 0.6 is 0 Å². The summed E-state index contributed by atoms with van der Waals surface area (Å²) in [6.45, 7) is 14.1. The van der Waals surface area contributed by atoms with Crippen LogP contribution in [0.5, 0.6) is 0 Å². The monoisotopic (exact) mass is 358 g/mol. The van der Waals surface area contributed by atoms with Crippen LogP contribution in [0.4, 0.5) is 0 Å². The highest BCUT2D eigenvalue weighted by molar-refractivity contribution is 7.11. The first-order valence-corrected chi connectivity index (χ1v) is 10.7. The highest BCUT2D eigenvalue weighted by Crippen LogP contribution is 2.66. The van der Waals surface area contributed by atoms with Crippen molar-refractivity contribution in [3.63, 3.8) is 0 Å². The molecule has 6 aliphatic carbocycles. The van der Waals surface area contributed by atoms with E-state index in [4.69, 9.17) is 18.6 Å². The second-order valence-electron chi connectivity index (χ2n) is 11.8. The number of hydrogen-bond acceptors (Lipinski definition) is 4. The summed E-state index contributed by atoms with van der Waals surface area (Å²) in [5, 5.41) is 0. The fourth-order valence-electron chi connectivity index (χ4n) is 7.72. The van der Waals surface area contributed by atoms with Crippen molar-refractivity contribution in [3.8, 4) is 0 Å². The second-order valence-corrected chi connectivity index (χ2v) is 11.8. The number of rotatable bonds is 1. The number of hydrogen-bond donors (Lipinski definition) is 0. The third-order valence-corrected chi connectivity index (χ3v) is 9.89. The van der Waals surface area contributed by atoms with Gasteiger partial charge in [0.2, 0.25) is 0 Å². The standard InChI is InChI=1S/C20H32B2O4/c1-17(2)11-7-13(17)15-19(5,9-11)25-21(23-15)22-24-16-14-8-12(18(14,3)4)10-20(16,6)26-22/h11-16H,7-10H2,1-6H3/t11-,12+,13+,14-,15-,16-,19+,20+/m0/s1. The lowest BCUT2D eigenvalue weighted by Crippen LogP contribution is -2.63. The van der Waals surface area contributed by atoms with E-state index in [-0.39, 0.29) is 37.4 Å². The molecule has 2 aliphatic heterocycles. The summed E-state index contributed by atoms with van der Waals surface area (Å²) >= 11 is 0. The molecule has 0 spiro atoms. The van der Waals surface area contributed by atoms with Crippen molar-refractivity contribution < 1.29 is 18.6 Å². The maximum atomic E-state index is 6.52. The van der Waals surface area contributed by atoms with Crippen molar-refractivity contribution in [2.24, 2.45) is 34.5 Å². The molecule has 8 rings (SSSR count). The van der Waals surface area contributed by atoms with Crippen molar-refractivity contribution in [1.29, 1.82) is 0 Å². The van der Waals surface area contributed by atoms with Gasteiger partial charge in [-0.05, 0) is 74.0 Å². The molecule has 8 atom stereocenters. The van der Waals surface area contributed by atoms with Gasteiger partial charge in [0, 0.05) is 0 Å². The molecule has 8 fully saturated rings. The molecule has 2 heterocycles. The maximum absolute atomic E-state index is 6.52. The third-order valence-electron chi connectivity index (χ3n) is 9.89. The van der Waals surface area contributed by atoms with Crippen molar-refractivity contribution in [1.82, 2.24) is 0 Å². The van der Waals surface area contributed by atoms with Gasteiger partial charge in [0.15, 0.2) is 0 Å². The lowest BCUT2D eigenvalue weighted by Gasteiger charge is -2.63. The Labute approximate surface area is 158 Å². The van der Waals surface area contributed by atoms with E-state index in [0.29, 0.717) is 22.7 Å². The van der Waals surface area contributed by atoms with Gasteiger partial charge in [-0.2, -0.15) is 0 Å². The Kier molecular flexibility index (Phi) is 2.97. The summed E-state index contributed by atoms with van der Waals surface area (Å²) in [5.74, 6) is 2.72. The molecule has 8 aliphatic rings. The van der Waals surface area contributed by atoms with Crippen LogP contribution in [-0.4, -0.2) is 37.4 Å². The quantitative estimate of drug-likeness (QED) is 0.673. The normalized spacial score (nSPS) is 57.9. The SMILES string of the molecule is CC1(C)[C@H]2C[C@@H]1[C@@H]1OB(B3O[C@H]4[C@@H]5C[C@H](C[C@@]4(C)O3)C5(C)C)O[C@]1(C)C2. The van der Waals surface area contributed by atoms with Gasteiger partial charge < -0.3 is 18.6 Å². The Bertz CT molecular complexity index is 612. The summed E-state index contributed by atoms with van der Waals surface area (Å²) < 4.78 is 26.1. The summed E-state index contributed by atoms with van der Waals surface area (Å²) in [7, 11) is -0.745. The lowest BCUT2D eigenvalue weighted by molar-refractivity contribution is -0.185. The zero-order chi connectivity index (χ0) is 18.3. The molecule has 4 nitrogen and oxygen atoms in total. The van der Waals surface area contributed by atoms with Gasteiger partial charge in [-0.3, -0.25) is 0 Å². The summed E-state index contributed by atoms with van der Waals surface area (Å²) in [4.78, 5) is 0. The zero-order valence-electron chi connectivity index (χ0n) is 17.1. The molecule has 0 radical (unpaired) electrons. The lowest BCUT2D eigenvalue weighted by atomic mass is 9.45. The summed E-state index contributed by atoms with van der Waals surface area (Å²) in [5.41, 5.74) is 0.420. The van der Waals surface area contributed by atoms with E-state index in [2.05, 4.69) is 41.5 Å². The van der Waals surface area contributed by atoms with Crippen LogP contribution in [0.2, 0.25) is 0 Å².